The van der Waals surface area contributed by atoms with E-state index in [1.54, 1.807) is 11.8 Å². The molecule has 19 heavy (non-hydrogen) atoms. The van der Waals surface area contributed by atoms with E-state index in [4.69, 9.17) is 9.84 Å². The molecule has 1 fully saturated rings. The van der Waals surface area contributed by atoms with Gasteiger partial charge in [-0.15, -0.1) is 0 Å². The maximum absolute atomic E-state index is 12.3. The van der Waals surface area contributed by atoms with Crippen LogP contribution < -0.4 is 5.32 Å². The minimum Gasteiger partial charge on any atom is -0.465 e. The molecule has 0 aromatic heterocycles. The third kappa shape index (κ3) is 4.97. The van der Waals surface area contributed by atoms with Crippen LogP contribution in [0.5, 0.6) is 0 Å². The summed E-state index contributed by atoms with van der Waals surface area (Å²) in [5.41, 5.74) is -0.532. The first-order valence-corrected chi connectivity index (χ1v) is 8.26. The molecule has 2 atom stereocenters. The second kappa shape index (κ2) is 8.12. The van der Waals surface area contributed by atoms with E-state index in [0.29, 0.717) is 11.9 Å². The van der Waals surface area contributed by atoms with Crippen LogP contribution in [0.25, 0.3) is 0 Å². The van der Waals surface area contributed by atoms with E-state index in [1.807, 2.05) is 6.92 Å². The molecule has 112 valence electrons. The lowest BCUT2D eigenvalue weighted by Crippen LogP contribution is -2.58. The highest BCUT2D eigenvalue weighted by Gasteiger charge is 2.44. The van der Waals surface area contributed by atoms with Gasteiger partial charge in [-0.05, 0) is 46.5 Å². The molecule has 2 N–H and O–H groups in total. The number of hydrogen-bond donors (Lipinski definition) is 2. The van der Waals surface area contributed by atoms with Gasteiger partial charge in [-0.2, -0.15) is 11.8 Å². The van der Waals surface area contributed by atoms with Crippen LogP contribution in [0.3, 0.4) is 0 Å². The highest BCUT2D eigenvalue weighted by atomic mass is 32.2. The molecular weight excluding hydrogens is 262 g/mol. The van der Waals surface area contributed by atoms with E-state index in [-0.39, 0.29) is 18.6 Å². The van der Waals surface area contributed by atoms with Gasteiger partial charge in [0, 0.05) is 17.0 Å². The Morgan fingerprint density at radius 3 is 2.89 bits per heavy atom. The maximum atomic E-state index is 12.3. The molecule has 1 aliphatic rings. The molecule has 2 unspecified atom stereocenters. The number of thioether (sulfide) groups is 1. The molecule has 0 aliphatic heterocycles. The summed E-state index contributed by atoms with van der Waals surface area (Å²) in [5.74, 6) is 0.628. The normalized spacial score (nSPS) is 27.5. The lowest BCUT2D eigenvalue weighted by atomic mass is 9.80. The van der Waals surface area contributed by atoms with E-state index < -0.39 is 5.54 Å². The maximum Gasteiger partial charge on any atom is 0.326 e. The van der Waals surface area contributed by atoms with E-state index >= 15 is 0 Å². The van der Waals surface area contributed by atoms with Crippen LogP contribution in [-0.4, -0.2) is 46.9 Å². The number of aliphatic hydroxyl groups excluding tert-OH is 1. The fourth-order valence-corrected chi connectivity index (χ4v) is 3.96. The van der Waals surface area contributed by atoms with Gasteiger partial charge in [0.05, 0.1) is 13.2 Å². The van der Waals surface area contributed by atoms with Crippen molar-refractivity contribution in [3.05, 3.63) is 0 Å². The molecule has 0 amide bonds. The Morgan fingerprint density at radius 1 is 1.58 bits per heavy atom. The van der Waals surface area contributed by atoms with Gasteiger partial charge in [0.2, 0.25) is 0 Å². The summed E-state index contributed by atoms with van der Waals surface area (Å²) in [4.78, 5) is 12.3. The Labute approximate surface area is 120 Å². The van der Waals surface area contributed by atoms with Gasteiger partial charge >= 0.3 is 5.97 Å². The Bertz CT molecular complexity index is 286. The molecule has 0 radical (unpaired) electrons. The highest BCUT2D eigenvalue weighted by Crippen LogP contribution is 2.36. The molecule has 5 heteroatoms. The third-order valence-electron chi connectivity index (χ3n) is 3.38. The Morgan fingerprint density at radius 2 is 2.32 bits per heavy atom. The first-order valence-electron chi connectivity index (χ1n) is 7.21. The predicted molar refractivity (Wildman–Crippen MR) is 79.4 cm³/mol. The minimum absolute atomic E-state index is 0.113. The van der Waals surface area contributed by atoms with E-state index in [1.165, 1.54) is 0 Å². The number of nitrogens with one attached hydrogen (secondary N) is 1. The third-order valence-corrected chi connectivity index (χ3v) is 4.67. The van der Waals surface area contributed by atoms with Crippen molar-refractivity contribution in [3.63, 3.8) is 0 Å². The highest BCUT2D eigenvalue weighted by molar-refractivity contribution is 7.99. The van der Waals surface area contributed by atoms with Crippen molar-refractivity contribution in [2.75, 3.05) is 19.0 Å². The van der Waals surface area contributed by atoms with E-state index in [9.17, 15) is 4.79 Å². The molecule has 0 heterocycles. The van der Waals surface area contributed by atoms with Crippen molar-refractivity contribution in [1.29, 1.82) is 0 Å². The van der Waals surface area contributed by atoms with Crippen LogP contribution in [0.1, 0.15) is 46.5 Å². The Hall–Kier alpha value is -0.260. The summed E-state index contributed by atoms with van der Waals surface area (Å²) >= 11 is 1.76. The lowest BCUT2D eigenvalue weighted by Gasteiger charge is -2.40. The SMILES string of the molecule is CCOC(=O)C1(NC(C)C)CCCC(SCCO)C1. The summed E-state index contributed by atoms with van der Waals surface area (Å²) in [7, 11) is 0. The number of carbonyl (C=O) groups is 1. The van der Waals surface area contributed by atoms with Crippen molar-refractivity contribution in [1.82, 2.24) is 5.32 Å². The Kier molecular flexibility index (Phi) is 7.18. The molecule has 0 aromatic rings. The standard InChI is InChI=1S/C14H27NO3S/c1-4-18-13(17)14(15-11(2)3)7-5-6-12(10-14)19-9-8-16/h11-12,15-16H,4-10H2,1-3H3. The molecule has 0 aromatic carbocycles. The minimum atomic E-state index is -0.532. The van der Waals surface area contributed by atoms with Gasteiger partial charge in [0.1, 0.15) is 5.54 Å². The number of hydrogen-bond acceptors (Lipinski definition) is 5. The van der Waals surface area contributed by atoms with Crippen molar-refractivity contribution in [3.8, 4) is 0 Å². The first kappa shape index (κ1) is 16.8. The van der Waals surface area contributed by atoms with Crippen molar-refractivity contribution in [2.45, 2.75) is 63.3 Å². The van der Waals surface area contributed by atoms with Gasteiger partial charge in [-0.1, -0.05) is 0 Å². The van der Waals surface area contributed by atoms with E-state index in [2.05, 4.69) is 19.2 Å². The number of esters is 1. The fraction of sp³-hybridized carbons (Fsp3) is 0.929. The van der Waals surface area contributed by atoms with Crippen LogP contribution in [-0.2, 0) is 9.53 Å². The number of rotatable bonds is 7. The quantitative estimate of drug-likeness (QED) is 0.702. The van der Waals surface area contributed by atoms with Crippen molar-refractivity contribution < 1.29 is 14.6 Å². The summed E-state index contributed by atoms with van der Waals surface area (Å²) < 4.78 is 5.28. The van der Waals surface area contributed by atoms with Gasteiger partial charge < -0.3 is 9.84 Å². The van der Waals surface area contributed by atoms with Crippen LogP contribution in [0.4, 0.5) is 0 Å². The molecular formula is C14H27NO3S. The second-order valence-electron chi connectivity index (χ2n) is 5.41. The van der Waals surface area contributed by atoms with Crippen LogP contribution in [0.2, 0.25) is 0 Å². The molecule has 1 aliphatic carbocycles. The zero-order valence-electron chi connectivity index (χ0n) is 12.3. The lowest BCUT2D eigenvalue weighted by molar-refractivity contribution is -0.153. The predicted octanol–water partition coefficient (Wildman–Crippen LogP) is 1.95. The first-order chi connectivity index (χ1) is 9.04. The smallest absolute Gasteiger partial charge is 0.326 e. The molecule has 1 saturated carbocycles. The Balaban J connectivity index is 2.74. The van der Waals surface area contributed by atoms with Crippen LogP contribution >= 0.6 is 11.8 Å². The molecule has 1 rings (SSSR count). The van der Waals surface area contributed by atoms with Gasteiger partial charge in [-0.25, -0.2) is 0 Å². The number of carbonyl (C=O) groups excluding carboxylic acids is 1. The molecule has 0 spiro atoms. The van der Waals surface area contributed by atoms with Crippen molar-refractivity contribution >= 4 is 17.7 Å². The average Bonchev–Trinajstić information content (AvgIpc) is 2.36. The molecule has 4 nitrogen and oxygen atoms in total. The topological polar surface area (TPSA) is 58.6 Å². The summed E-state index contributed by atoms with van der Waals surface area (Å²) in [6.07, 6.45) is 3.79. The van der Waals surface area contributed by atoms with Gasteiger partial charge in [0.15, 0.2) is 0 Å². The summed E-state index contributed by atoms with van der Waals surface area (Å²) in [5, 5.41) is 12.8. The molecule has 0 bridgehead atoms. The van der Waals surface area contributed by atoms with Gasteiger partial charge in [-0.3, -0.25) is 10.1 Å². The number of ether oxygens (including phenoxy) is 1. The number of aliphatic hydroxyl groups is 1. The second-order valence-corrected chi connectivity index (χ2v) is 6.82. The molecule has 0 saturated heterocycles. The summed E-state index contributed by atoms with van der Waals surface area (Å²) in [6, 6.07) is 0.256. The monoisotopic (exact) mass is 289 g/mol. The zero-order chi connectivity index (χ0) is 14.3. The van der Waals surface area contributed by atoms with Crippen LogP contribution in [0.15, 0.2) is 0 Å². The van der Waals surface area contributed by atoms with Crippen LogP contribution in [0, 0.1) is 0 Å². The van der Waals surface area contributed by atoms with Crippen molar-refractivity contribution in [2.24, 2.45) is 0 Å². The zero-order valence-corrected chi connectivity index (χ0v) is 13.1. The van der Waals surface area contributed by atoms with E-state index in [0.717, 1.165) is 31.4 Å². The average molecular weight is 289 g/mol. The largest absolute Gasteiger partial charge is 0.465 e. The summed E-state index contributed by atoms with van der Waals surface area (Å²) in [6.45, 7) is 6.60. The van der Waals surface area contributed by atoms with Gasteiger partial charge in [0.25, 0.3) is 0 Å². The fourth-order valence-electron chi connectivity index (χ4n) is 2.78.